The first-order valence-corrected chi connectivity index (χ1v) is 7.74. The molecule has 0 aromatic heterocycles. The Morgan fingerprint density at radius 2 is 0.963 bits per heavy atom. The van der Waals surface area contributed by atoms with Crippen molar-refractivity contribution in [3.05, 3.63) is 35.9 Å². The van der Waals surface area contributed by atoms with E-state index in [0.717, 1.165) is 28.4 Å². The van der Waals surface area contributed by atoms with Crippen molar-refractivity contribution in [2.45, 2.75) is 0 Å². The van der Waals surface area contributed by atoms with Crippen molar-refractivity contribution < 1.29 is 42.9 Å². The van der Waals surface area contributed by atoms with Gasteiger partial charge < -0.3 is 18.9 Å². The predicted octanol–water partition coefficient (Wildman–Crippen LogP) is 0.410. The standard InChI is InChI=1S/C18H20O9/c1-24-15(20)12(16(21)25-2)11(13(17(22)26-3)18(23)27-4)14(19)10-8-6-5-7-9-10/h5-9,11-13H,1-4H3. The van der Waals surface area contributed by atoms with Gasteiger partial charge in [-0.3, -0.25) is 24.0 Å². The second kappa shape index (κ2) is 10.0. The number of esters is 4. The highest BCUT2D eigenvalue weighted by Crippen LogP contribution is 2.30. The topological polar surface area (TPSA) is 122 Å². The van der Waals surface area contributed by atoms with Gasteiger partial charge in [0.1, 0.15) is 0 Å². The van der Waals surface area contributed by atoms with E-state index in [2.05, 4.69) is 18.9 Å². The first kappa shape index (κ1) is 21.8. The van der Waals surface area contributed by atoms with Crippen LogP contribution < -0.4 is 0 Å². The molecule has 146 valence electrons. The van der Waals surface area contributed by atoms with Gasteiger partial charge in [-0.25, -0.2) is 0 Å². The van der Waals surface area contributed by atoms with Gasteiger partial charge in [-0.2, -0.15) is 0 Å². The van der Waals surface area contributed by atoms with Gasteiger partial charge in [0.25, 0.3) is 0 Å². The molecule has 0 aliphatic heterocycles. The van der Waals surface area contributed by atoms with E-state index in [1.165, 1.54) is 12.1 Å². The molecule has 0 unspecified atom stereocenters. The summed E-state index contributed by atoms with van der Waals surface area (Å²) in [7, 11) is 3.97. The molecule has 0 aliphatic carbocycles. The maximum atomic E-state index is 13.1. The van der Waals surface area contributed by atoms with E-state index in [-0.39, 0.29) is 5.56 Å². The molecule has 9 nitrogen and oxygen atoms in total. The van der Waals surface area contributed by atoms with Gasteiger partial charge in [-0.05, 0) is 0 Å². The van der Waals surface area contributed by atoms with Gasteiger partial charge in [-0.1, -0.05) is 30.3 Å². The summed E-state index contributed by atoms with van der Waals surface area (Å²) in [6.07, 6.45) is 0. The van der Waals surface area contributed by atoms with Crippen LogP contribution in [0.2, 0.25) is 0 Å². The lowest BCUT2D eigenvalue weighted by molar-refractivity contribution is -0.167. The van der Waals surface area contributed by atoms with E-state index in [1.54, 1.807) is 18.2 Å². The second-order valence-electron chi connectivity index (χ2n) is 5.30. The predicted molar refractivity (Wildman–Crippen MR) is 89.3 cm³/mol. The largest absolute Gasteiger partial charge is 0.468 e. The third-order valence-corrected chi connectivity index (χ3v) is 3.90. The fraction of sp³-hybridized carbons (Fsp3) is 0.389. The number of hydrogen-bond donors (Lipinski definition) is 0. The summed E-state index contributed by atoms with van der Waals surface area (Å²) < 4.78 is 18.3. The molecule has 9 heteroatoms. The van der Waals surface area contributed by atoms with E-state index in [0.29, 0.717) is 0 Å². The fourth-order valence-electron chi connectivity index (χ4n) is 2.58. The third kappa shape index (κ3) is 4.90. The van der Waals surface area contributed by atoms with Gasteiger partial charge in [0.05, 0.1) is 34.4 Å². The molecule has 1 aromatic carbocycles. The number of rotatable bonds is 8. The SMILES string of the molecule is COC(=O)C(C(=O)OC)C(C(=O)c1ccccc1)C(C(=O)OC)C(=O)OC. The van der Waals surface area contributed by atoms with Crippen molar-refractivity contribution in [1.29, 1.82) is 0 Å². The quantitative estimate of drug-likeness (QED) is 0.273. The van der Waals surface area contributed by atoms with Gasteiger partial charge in [0.2, 0.25) is 0 Å². The van der Waals surface area contributed by atoms with E-state index < -0.39 is 47.4 Å². The molecule has 1 aromatic rings. The molecule has 0 heterocycles. The molecule has 0 saturated heterocycles. The van der Waals surface area contributed by atoms with Crippen LogP contribution >= 0.6 is 0 Å². The molecule has 0 atom stereocenters. The Labute approximate surface area is 155 Å². The minimum absolute atomic E-state index is 0.0677. The third-order valence-electron chi connectivity index (χ3n) is 3.90. The Bertz CT molecular complexity index is 643. The molecule has 27 heavy (non-hydrogen) atoms. The molecule has 0 amide bonds. The van der Waals surface area contributed by atoms with Crippen molar-refractivity contribution in [2.24, 2.45) is 17.8 Å². The van der Waals surface area contributed by atoms with Gasteiger partial charge in [0.15, 0.2) is 17.6 Å². The van der Waals surface area contributed by atoms with Crippen molar-refractivity contribution in [3.8, 4) is 0 Å². The smallest absolute Gasteiger partial charge is 0.320 e. The minimum atomic E-state index is -1.88. The zero-order valence-electron chi connectivity index (χ0n) is 15.3. The Morgan fingerprint density at radius 3 is 1.26 bits per heavy atom. The molecule has 0 radical (unpaired) electrons. The summed E-state index contributed by atoms with van der Waals surface area (Å²) in [6.45, 7) is 0. The van der Waals surface area contributed by atoms with E-state index >= 15 is 0 Å². The summed E-state index contributed by atoms with van der Waals surface area (Å²) in [5, 5.41) is 0. The summed E-state index contributed by atoms with van der Waals surface area (Å²) in [6, 6.07) is 7.54. The lowest BCUT2D eigenvalue weighted by Gasteiger charge is -2.26. The number of Topliss-reactive ketones (excluding diaryl/α,β-unsaturated/α-hetero) is 1. The van der Waals surface area contributed by atoms with Crippen molar-refractivity contribution in [1.82, 2.24) is 0 Å². The summed E-state index contributed by atoms with van der Waals surface area (Å²) in [5.74, 6) is -10.9. The van der Waals surface area contributed by atoms with Crippen molar-refractivity contribution in [2.75, 3.05) is 28.4 Å². The molecule has 0 saturated carbocycles. The van der Waals surface area contributed by atoms with E-state index in [9.17, 15) is 24.0 Å². The van der Waals surface area contributed by atoms with Crippen LogP contribution in [-0.4, -0.2) is 58.1 Å². The number of hydrogen-bond acceptors (Lipinski definition) is 9. The fourth-order valence-corrected chi connectivity index (χ4v) is 2.58. The van der Waals surface area contributed by atoms with Crippen molar-refractivity contribution >= 4 is 29.7 Å². The average Bonchev–Trinajstić information content (AvgIpc) is 2.71. The first-order chi connectivity index (χ1) is 12.8. The molecule has 0 N–H and O–H groups in total. The van der Waals surface area contributed by atoms with Crippen LogP contribution in [0.4, 0.5) is 0 Å². The van der Waals surface area contributed by atoms with Crippen LogP contribution in [0.3, 0.4) is 0 Å². The van der Waals surface area contributed by atoms with E-state index in [1.807, 2.05) is 0 Å². The van der Waals surface area contributed by atoms with Gasteiger partial charge in [0, 0.05) is 5.56 Å². The Kier molecular flexibility index (Phi) is 8.12. The highest BCUT2D eigenvalue weighted by Gasteiger charge is 2.52. The van der Waals surface area contributed by atoms with Crippen molar-refractivity contribution in [3.63, 3.8) is 0 Å². The number of ether oxygens (including phenoxy) is 4. The number of carbonyl (C=O) groups is 5. The van der Waals surface area contributed by atoms with E-state index in [4.69, 9.17) is 0 Å². The van der Waals surface area contributed by atoms with Gasteiger partial charge in [-0.15, -0.1) is 0 Å². The maximum Gasteiger partial charge on any atom is 0.320 e. The number of methoxy groups -OCH3 is 4. The summed E-state index contributed by atoms with van der Waals surface area (Å²) in [5.41, 5.74) is 0.0677. The molecular formula is C18H20O9. The Hall–Kier alpha value is -3.23. The highest BCUT2D eigenvalue weighted by atomic mass is 16.6. The first-order valence-electron chi connectivity index (χ1n) is 7.74. The lowest BCUT2D eigenvalue weighted by atomic mass is 9.76. The second-order valence-corrected chi connectivity index (χ2v) is 5.30. The van der Waals surface area contributed by atoms with Gasteiger partial charge >= 0.3 is 23.9 Å². The molecule has 0 aliphatic rings. The number of benzene rings is 1. The molecule has 0 spiro atoms. The molecular weight excluding hydrogens is 360 g/mol. The van der Waals surface area contributed by atoms with Crippen LogP contribution in [0.15, 0.2) is 30.3 Å². The Morgan fingerprint density at radius 1 is 0.630 bits per heavy atom. The Balaban J connectivity index is 3.64. The highest BCUT2D eigenvalue weighted by molar-refractivity contribution is 6.11. The molecule has 0 bridgehead atoms. The number of ketones is 1. The monoisotopic (exact) mass is 380 g/mol. The van der Waals surface area contributed by atoms with Crippen LogP contribution in [0, 0.1) is 17.8 Å². The summed E-state index contributed by atoms with van der Waals surface area (Å²) in [4.78, 5) is 62.0. The molecule has 0 fully saturated rings. The van der Waals surface area contributed by atoms with Crippen LogP contribution in [0.1, 0.15) is 10.4 Å². The minimum Gasteiger partial charge on any atom is -0.468 e. The molecule has 1 rings (SSSR count). The van der Waals surface area contributed by atoms with Crippen LogP contribution in [0.5, 0.6) is 0 Å². The maximum absolute atomic E-state index is 13.1. The number of carbonyl (C=O) groups excluding carboxylic acids is 5. The summed E-state index contributed by atoms with van der Waals surface area (Å²) >= 11 is 0. The zero-order valence-corrected chi connectivity index (χ0v) is 15.3. The lowest BCUT2D eigenvalue weighted by Crippen LogP contribution is -2.47. The van der Waals surface area contributed by atoms with Crippen LogP contribution in [-0.2, 0) is 38.1 Å². The average molecular weight is 380 g/mol. The zero-order chi connectivity index (χ0) is 20.6. The van der Waals surface area contributed by atoms with Crippen LogP contribution in [0.25, 0.3) is 0 Å². The normalized spacial score (nSPS) is 10.5.